The molecule has 4 rings (SSSR count). The number of nitrogens with zero attached hydrogens (tertiary/aromatic N) is 3. The van der Waals surface area contributed by atoms with Crippen LogP contribution >= 0.6 is 0 Å². The summed E-state index contributed by atoms with van der Waals surface area (Å²) in [7, 11) is 0. The van der Waals surface area contributed by atoms with Crippen molar-refractivity contribution in [1.29, 1.82) is 0 Å². The molecule has 0 atom stereocenters. The third-order valence-corrected chi connectivity index (χ3v) is 4.57. The van der Waals surface area contributed by atoms with Gasteiger partial charge >= 0.3 is 0 Å². The Hall–Kier alpha value is -2.62. The number of anilines is 2. The second-order valence-corrected chi connectivity index (χ2v) is 6.40. The lowest BCUT2D eigenvalue weighted by Crippen LogP contribution is -2.19. The van der Waals surface area contributed by atoms with Crippen LogP contribution < -0.4 is 10.2 Å². The number of nitrogens with one attached hydrogen (secondary N) is 1. The minimum Gasteiger partial charge on any atom is -0.380 e. The Kier molecular flexibility index (Phi) is 4.03. The maximum absolute atomic E-state index is 4.60. The van der Waals surface area contributed by atoms with E-state index in [1.54, 1.807) is 0 Å². The molecule has 1 aliphatic heterocycles. The fraction of sp³-hybridized carbons (Fsp3) is 0.300. The second kappa shape index (κ2) is 6.48. The van der Waals surface area contributed by atoms with Gasteiger partial charge in [-0.1, -0.05) is 18.2 Å². The number of aryl methyl sites for hydroxylation is 1. The van der Waals surface area contributed by atoms with Crippen LogP contribution in [0, 0.1) is 6.92 Å². The lowest BCUT2D eigenvalue weighted by Gasteiger charge is -2.17. The number of para-hydroxylation sites is 1. The zero-order valence-electron chi connectivity index (χ0n) is 14.0. The van der Waals surface area contributed by atoms with Gasteiger partial charge in [-0.15, -0.1) is 0 Å². The molecule has 1 fully saturated rings. The average Bonchev–Trinajstić information content (AvgIpc) is 3.14. The van der Waals surface area contributed by atoms with Crippen molar-refractivity contribution in [2.75, 3.05) is 23.3 Å². The quantitative estimate of drug-likeness (QED) is 0.784. The Morgan fingerprint density at radius 1 is 1.08 bits per heavy atom. The van der Waals surface area contributed by atoms with E-state index in [0.717, 1.165) is 47.7 Å². The maximum Gasteiger partial charge on any atom is 0.128 e. The van der Waals surface area contributed by atoms with Crippen molar-refractivity contribution in [3.05, 3.63) is 59.9 Å². The molecule has 3 aromatic rings. The third kappa shape index (κ3) is 3.04. The second-order valence-electron chi connectivity index (χ2n) is 6.40. The molecular weight excluding hydrogens is 296 g/mol. The number of hydrogen-bond donors (Lipinski definition) is 1. The zero-order valence-corrected chi connectivity index (χ0v) is 14.0. The molecule has 0 radical (unpaired) electrons. The van der Waals surface area contributed by atoms with Crippen LogP contribution in [-0.2, 0) is 6.54 Å². The van der Waals surface area contributed by atoms with Gasteiger partial charge in [-0.05, 0) is 49.6 Å². The van der Waals surface area contributed by atoms with E-state index in [-0.39, 0.29) is 0 Å². The van der Waals surface area contributed by atoms with Crippen LogP contribution in [-0.4, -0.2) is 23.1 Å². The Morgan fingerprint density at radius 2 is 1.92 bits per heavy atom. The van der Waals surface area contributed by atoms with Gasteiger partial charge in [0.2, 0.25) is 0 Å². The average molecular weight is 318 g/mol. The predicted molar refractivity (Wildman–Crippen MR) is 99.5 cm³/mol. The fourth-order valence-corrected chi connectivity index (χ4v) is 3.34. The van der Waals surface area contributed by atoms with E-state index in [9.17, 15) is 0 Å². The summed E-state index contributed by atoms with van der Waals surface area (Å²) in [5.41, 5.74) is 4.46. The van der Waals surface area contributed by atoms with E-state index in [1.807, 2.05) is 19.2 Å². The Balaban J connectivity index is 1.56. The summed E-state index contributed by atoms with van der Waals surface area (Å²) >= 11 is 0. The summed E-state index contributed by atoms with van der Waals surface area (Å²) in [5.74, 6) is 1.10. The van der Waals surface area contributed by atoms with Gasteiger partial charge in [0.15, 0.2) is 0 Å². The summed E-state index contributed by atoms with van der Waals surface area (Å²) in [6, 6.07) is 14.7. The van der Waals surface area contributed by atoms with E-state index in [0.29, 0.717) is 0 Å². The fourth-order valence-electron chi connectivity index (χ4n) is 3.34. The first-order valence-electron chi connectivity index (χ1n) is 8.60. The smallest absolute Gasteiger partial charge is 0.128 e. The number of hydrogen-bond acceptors (Lipinski definition) is 4. The van der Waals surface area contributed by atoms with Gasteiger partial charge in [0.05, 0.1) is 5.52 Å². The highest BCUT2D eigenvalue weighted by Crippen LogP contribution is 2.24. The molecule has 0 spiro atoms. The van der Waals surface area contributed by atoms with Crippen LogP contribution in [0.5, 0.6) is 0 Å². The highest BCUT2D eigenvalue weighted by Gasteiger charge is 2.13. The van der Waals surface area contributed by atoms with Crippen molar-refractivity contribution in [3.63, 3.8) is 0 Å². The molecule has 0 unspecified atom stereocenters. The number of fused-ring (bicyclic) bond motifs is 1. The van der Waals surface area contributed by atoms with Gasteiger partial charge in [-0.2, -0.15) is 0 Å². The molecule has 24 heavy (non-hydrogen) atoms. The Bertz CT molecular complexity index is 853. The predicted octanol–water partition coefficient (Wildman–Crippen LogP) is 4.15. The highest BCUT2D eigenvalue weighted by atomic mass is 15.2. The van der Waals surface area contributed by atoms with E-state index in [4.69, 9.17) is 0 Å². The molecule has 0 bridgehead atoms. The van der Waals surface area contributed by atoms with Crippen molar-refractivity contribution < 1.29 is 0 Å². The molecule has 0 saturated carbocycles. The van der Waals surface area contributed by atoms with Gasteiger partial charge < -0.3 is 10.2 Å². The standard InChI is InChI=1S/C20H22N4/c1-15-12-19(17-6-2-3-7-18(17)23-15)22-14-16-8-9-21-20(13-16)24-10-4-5-11-24/h2-3,6-9,12-13H,4-5,10-11,14H2,1H3,(H,22,23). The van der Waals surface area contributed by atoms with Crippen molar-refractivity contribution >= 4 is 22.4 Å². The van der Waals surface area contributed by atoms with Crippen molar-refractivity contribution in [3.8, 4) is 0 Å². The number of aromatic nitrogens is 2. The zero-order chi connectivity index (χ0) is 16.4. The number of pyridine rings is 2. The first-order valence-corrected chi connectivity index (χ1v) is 8.60. The Labute approximate surface area is 142 Å². The van der Waals surface area contributed by atoms with Gasteiger partial charge in [-0.3, -0.25) is 4.98 Å². The number of rotatable bonds is 4. The molecule has 0 aliphatic carbocycles. The molecule has 122 valence electrons. The van der Waals surface area contributed by atoms with Crippen molar-refractivity contribution in [2.24, 2.45) is 0 Å². The topological polar surface area (TPSA) is 41.1 Å². The summed E-state index contributed by atoms with van der Waals surface area (Å²) in [6.07, 6.45) is 4.46. The summed E-state index contributed by atoms with van der Waals surface area (Å²) in [4.78, 5) is 11.5. The normalized spacial score (nSPS) is 14.3. The van der Waals surface area contributed by atoms with Crippen LogP contribution in [0.4, 0.5) is 11.5 Å². The van der Waals surface area contributed by atoms with E-state index >= 15 is 0 Å². The van der Waals surface area contributed by atoms with Gasteiger partial charge in [0, 0.05) is 42.6 Å². The molecule has 4 nitrogen and oxygen atoms in total. The van der Waals surface area contributed by atoms with E-state index < -0.39 is 0 Å². The molecule has 1 saturated heterocycles. The molecule has 4 heteroatoms. The van der Waals surface area contributed by atoms with Crippen LogP contribution in [0.15, 0.2) is 48.7 Å². The Morgan fingerprint density at radius 3 is 2.79 bits per heavy atom. The number of benzene rings is 1. The first kappa shape index (κ1) is 14.9. The molecule has 1 N–H and O–H groups in total. The first-order chi connectivity index (χ1) is 11.8. The molecule has 0 amide bonds. The lowest BCUT2D eigenvalue weighted by molar-refractivity contribution is 0.931. The molecule has 2 aromatic heterocycles. The molecule has 1 aromatic carbocycles. The van der Waals surface area contributed by atoms with Crippen LogP contribution in [0.2, 0.25) is 0 Å². The summed E-state index contributed by atoms with van der Waals surface area (Å²) in [5, 5.41) is 4.74. The monoisotopic (exact) mass is 318 g/mol. The van der Waals surface area contributed by atoms with Gasteiger partial charge in [0.25, 0.3) is 0 Å². The largest absolute Gasteiger partial charge is 0.380 e. The van der Waals surface area contributed by atoms with E-state index in [1.165, 1.54) is 18.4 Å². The van der Waals surface area contributed by atoms with Crippen molar-refractivity contribution in [2.45, 2.75) is 26.3 Å². The summed E-state index contributed by atoms with van der Waals surface area (Å²) < 4.78 is 0. The molecule has 1 aliphatic rings. The molecule has 3 heterocycles. The maximum atomic E-state index is 4.60. The lowest BCUT2D eigenvalue weighted by atomic mass is 10.1. The summed E-state index contributed by atoms with van der Waals surface area (Å²) in [6.45, 7) is 5.07. The van der Waals surface area contributed by atoms with Gasteiger partial charge in [0.1, 0.15) is 5.82 Å². The van der Waals surface area contributed by atoms with Crippen LogP contribution in [0.25, 0.3) is 10.9 Å². The SMILES string of the molecule is Cc1cc(NCc2ccnc(N3CCCC3)c2)c2ccccc2n1. The molecular formula is C20H22N4. The van der Waals surface area contributed by atoms with Crippen LogP contribution in [0.1, 0.15) is 24.1 Å². The van der Waals surface area contributed by atoms with Gasteiger partial charge in [-0.25, -0.2) is 4.98 Å². The third-order valence-electron chi connectivity index (χ3n) is 4.57. The van der Waals surface area contributed by atoms with Crippen molar-refractivity contribution in [1.82, 2.24) is 9.97 Å². The van der Waals surface area contributed by atoms with E-state index in [2.05, 4.69) is 56.6 Å². The van der Waals surface area contributed by atoms with Crippen LogP contribution in [0.3, 0.4) is 0 Å². The minimum atomic E-state index is 0.788. The highest BCUT2D eigenvalue weighted by molar-refractivity contribution is 5.91. The minimum absolute atomic E-state index is 0.788.